The fourth-order valence-corrected chi connectivity index (χ4v) is 3.02. The van der Waals surface area contributed by atoms with Crippen molar-refractivity contribution in [2.75, 3.05) is 24.7 Å². The minimum atomic E-state index is 0. The van der Waals surface area contributed by atoms with Gasteiger partial charge in [0, 0.05) is 24.7 Å². The van der Waals surface area contributed by atoms with Gasteiger partial charge in [0.2, 0.25) is 5.91 Å². The largest absolute Gasteiger partial charge is 0.341 e. The lowest BCUT2D eigenvalue weighted by Gasteiger charge is -2.19. The highest BCUT2D eigenvalue weighted by atomic mass is 35.5. The second-order valence-corrected chi connectivity index (χ2v) is 5.50. The lowest BCUT2D eigenvalue weighted by atomic mass is 10.0. The van der Waals surface area contributed by atoms with E-state index in [1.165, 1.54) is 0 Å². The SMILES string of the molecule is CC1CN(C(=O)C2CSCN2)CC1C.Cl. The van der Waals surface area contributed by atoms with E-state index < -0.39 is 0 Å². The second kappa shape index (κ2) is 5.41. The van der Waals surface area contributed by atoms with Crippen LogP contribution in [-0.2, 0) is 4.79 Å². The summed E-state index contributed by atoms with van der Waals surface area (Å²) in [6.45, 7) is 6.36. The molecule has 15 heavy (non-hydrogen) atoms. The Bertz CT molecular complexity index is 223. The molecule has 0 radical (unpaired) electrons. The Hall–Kier alpha value is 0.0700. The molecule has 1 N–H and O–H groups in total. The van der Waals surface area contributed by atoms with Crippen molar-refractivity contribution in [1.82, 2.24) is 10.2 Å². The van der Waals surface area contributed by atoms with E-state index in [1.807, 2.05) is 16.7 Å². The molecule has 2 saturated heterocycles. The fourth-order valence-electron chi connectivity index (χ4n) is 2.08. The molecule has 0 aromatic carbocycles. The van der Waals surface area contributed by atoms with Crippen LogP contribution in [0.3, 0.4) is 0 Å². The lowest BCUT2D eigenvalue weighted by molar-refractivity contribution is -0.131. The van der Waals surface area contributed by atoms with E-state index in [2.05, 4.69) is 19.2 Å². The van der Waals surface area contributed by atoms with Gasteiger partial charge in [-0.3, -0.25) is 10.1 Å². The molecule has 2 aliphatic heterocycles. The standard InChI is InChI=1S/C10H18N2OS.ClH/c1-7-3-12(4-8(7)2)10(13)9-5-14-6-11-9;/h7-9,11H,3-6H2,1-2H3;1H. The van der Waals surface area contributed by atoms with Gasteiger partial charge in [0.25, 0.3) is 0 Å². The Balaban J connectivity index is 0.00000112. The van der Waals surface area contributed by atoms with Gasteiger partial charge in [0.15, 0.2) is 0 Å². The van der Waals surface area contributed by atoms with Crippen molar-refractivity contribution < 1.29 is 4.79 Å². The van der Waals surface area contributed by atoms with Crippen molar-refractivity contribution in [1.29, 1.82) is 0 Å². The number of hydrogen-bond donors (Lipinski definition) is 1. The van der Waals surface area contributed by atoms with Gasteiger partial charge >= 0.3 is 0 Å². The molecule has 2 aliphatic rings. The number of thioether (sulfide) groups is 1. The van der Waals surface area contributed by atoms with Gasteiger partial charge in [0.05, 0.1) is 6.04 Å². The first-order valence-corrected chi connectivity index (χ1v) is 6.44. The molecule has 2 rings (SSSR count). The highest BCUT2D eigenvalue weighted by Crippen LogP contribution is 2.23. The number of halogens is 1. The first kappa shape index (κ1) is 13.1. The van der Waals surface area contributed by atoms with Crippen LogP contribution in [0.15, 0.2) is 0 Å². The van der Waals surface area contributed by atoms with Gasteiger partial charge in [-0.05, 0) is 11.8 Å². The highest BCUT2D eigenvalue weighted by molar-refractivity contribution is 7.99. The van der Waals surface area contributed by atoms with Crippen molar-refractivity contribution in [3.05, 3.63) is 0 Å². The Labute approximate surface area is 102 Å². The third kappa shape index (κ3) is 2.80. The van der Waals surface area contributed by atoms with Crippen molar-refractivity contribution in [3.63, 3.8) is 0 Å². The molecule has 0 aromatic heterocycles. The number of hydrogen-bond acceptors (Lipinski definition) is 3. The monoisotopic (exact) mass is 250 g/mol. The molecule has 5 heteroatoms. The molecular weight excluding hydrogens is 232 g/mol. The zero-order valence-corrected chi connectivity index (χ0v) is 10.9. The van der Waals surface area contributed by atoms with Crippen molar-refractivity contribution in [3.8, 4) is 0 Å². The molecule has 3 atom stereocenters. The quantitative estimate of drug-likeness (QED) is 0.759. The first-order valence-electron chi connectivity index (χ1n) is 5.28. The first-order chi connectivity index (χ1) is 6.68. The Morgan fingerprint density at radius 2 is 1.93 bits per heavy atom. The van der Waals surface area contributed by atoms with Crippen LogP contribution in [0.5, 0.6) is 0 Å². The second-order valence-electron chi connectivity index (χ2n) is 4.47. The molecule has 3 nitrogen and oxygen atoms in total. The lowest BCUT2D eigenvalue weighted by Crippen LogP contribution is -2.44. The third-order valence-electron chi connectivity index (χ3n) is 3.31. The number of nitrogens with one attached hydrogen (secondary N) is 1. The van der Waals surface area contributed by atoms with E-state index in [9.17, 15) is 4.79 Å². The topological polar surface area (TPSA) is 32.3 Å². The predicted octanol–water partition coefficient (Wildman–Crippen LogP) is 1.19. The molecule has 3 unspecified atom stereocenters. The maximum atomic E-state index is 12.0. The van der Waals surface area contributed by atoms with E-state index >= 15 is 0 Å². The average Bonchev–Trinajstić information content (AvgIpc) is 2.76. The molecule has 0 saturated carbocycles. The molecule has 0 aliphatic carbocycles. The zero-order chi connectivity index (χ0) is 10.1. The van der Waals surface area contributed by atoms with Crippen LogP contribution < -0.4 is 5.32 Å². The Morgan fingerprint density at radius 1 is 1.33 bits per heavy atom. The summed E-state index contributed by atoms with van der Waals surface area (Å²) in [6, 6.07) is 0.0810. The van der Waals surface area contributed by atoms with Crippen LogP contribution in [0.2, 0.25) is 0 Å². The predicted molar refractivity (Wildman–Crippen MR) is 66.4 cm³/mol. The van der Waals surface area contributed by atoms with E-state index in [0.29, 0.717) is 17.7 Å². The van der Waals surface area contributed by atoms with Crippen LogP contribution in [0.1, 0.15) is 13.8 Å². The zero-order valence-electron chi connectivity index (χ0n) is 9.23. The number of amides is 1. The molecule has 0 aromatic rings. The van der Waals surface area contributed by atoms with Crippen LogP contribution in [0.25, 0.3) is 0 Å². The molecular formula is C10H19ClN2OS. The van der Waals surface area contributed by atoms with E-state index in [4.69, 9.17) is 0 Å². The molecule has 0 spiro atoms. The van der Waals surface area contributed by atoms with Crippen molar-refractivity contribution >= 4 is 30.1 Å². The molecule has 88 valence electrons. The van der Waals surface area contributed by atoms with Crippen LogP contribution >= 0.6 is 24.2 Å². The highest BCUT2D eigenvalue weighted by Gasteiger charge is 2.34. The average molecular weight is 251 g/mol. The summed E-state index contributed by atoms with van der Waals surface area (Å²) in [6.07, 6.45) is 0. The molecule has 1 amide bonds. The van der Waals surface area contributed by atoms with Gasteiger partial charge in [0.1, 0.15) is 0 Å². The molecule has 2 heterocycles. The Kier molecular flexibility index (Phi) is 4.74. The smallest absolute Gasteiger partial charge is 0.240 e. The summed E-state index contributed by atoms with van der Waals surface area (Å²) in [5, 5.41) is 3.23. The summed E-state index contributed by atoms with van der Waals surface area (Å²) in [5.41, 5.74) is 0. The van der Waals surface area contributed by atoms with Gasteiger partial charge in [-0.25, -0.2) is 0 Å². The Morgan fingerprint density at radius 3 is 2.40 bits per heavy atom. The minimum absolute atomic E-state index is 0. The normalized spacial score (nSPS) is 35.3. The van der Waals surface area contributed by atoms with Crippen LogP contribution in [0.4, 0.5) is 0 Å². The van der Waals surface area contributed by atoms with Crippen LogP contribution in [-0.4, -0.2) is 41.6 Å². The number of carbonyl (C=O) groups excluding carboxylic acids is 1. The van der Waals surface area contributed by atoms with Gasteiger partial charge in [-0.15, -0.1) is 24.2 Å². The number of carbonyl (C=O) groups is 1. The fraction of sp³-hybridized carbons (Fsp3) is 0.900. The molecule has 0 bridgehead atoms. The summed E-state index contributed by atoms with van der Waals surface area (Å²) in [4.78, 5) is 14.0. The third-order valence-corrected chi connectivity index (χ3v) is 4.25. The van der Waals surface area contributed by atoms with E-state index in [-0.39, 0.29) is 18.4 Å². The molecule has 2 fully saturated rings. The van der Waals surface area contributed by atoms with E-state index in [1.54, 1.807) is 0 Å². The summed E-state index contributed by atoms with van der Waals surface area (Å²) < 4.78 is 0. The summed E-state index contributed by atoms with van der Waals surface area (Å²) >= 11 is 1.81. The van der Waals surface area contributed by atoms with Crippen LogP contribution in [0, 0.1) is 11.8 Å². The van der Waals surface area contributed by atoms with Crippen molar-refractivity contribution in [2.24, 2.45) is 11.8 Å². The maximum absolute atomic E-state index is 12.0. The van der Waals surface area contributed by atoms with Gasteiger partial charge in [-0.1, -0.05) is 13.8 Å². The van der Waals surface area contributed by atoms with Crippen molar-refractivity contribution in [2.45, 2.75) is 19.9 Å². The number of nitrogens with zero attached hydrogens (tertiary/aromatic N) is 1. The maximum Gasteiger partial charge on any atom is 0.240 e. The van der Waals surface area contributed by atoms with E-state index in [0.717, 1.165) is 24.7 Å². The number of rotatable bonds is 1. The summed E-state index contributed by atoms with van der Waals surface area (Å²) in [5.74, 6) is 3.50. The van der Waals surface area contributed by atoms with Gasteiger partial charge in [-0.2, -0.15) is 0 Å². The number of likely N-dealkylation sites (tertiary alicyclic amines) is 1. The van der Waals surface area contributed by atoms with Gasteiger partial charge < -0.3 is 4.90 Å². The minimum Gasteiger partial charge on any atom is -0.341 e. The summed E-state index contributed by atoms with van der Waals surface area (Å²) in [7, 11) is 0.